The van der Waals surface area contributed by atoms with Gasteiger partial charge < -0.3 is 19.7 Å². The largest absolute Gasteiger partial charge is 0.454 e. The lowest BCUT2D eigenvalue weighted by Crippen LogP contribution is -2.35. The topological polar surface area (TPSA) is 50.8 Å². The monoisotopic (exact) mass is 482 g/mol. The van der Waals surface area contributed by atoms with E-state index < -0.39 is 0 Å². The molecule has 0 bridgehead atoms. The van der Waals surface area contributed by atoms with Gasteiger partial charge in [0.1, 0.15) is 0 Å². The van der Waals surface area contributed by atoms with Gasteiger partial charge in [-0.3, -0.25) is 4.79 Å². The predicted molar refractivity (Wildman–Crippen MR) is 136 cm³/mol. The van der Waals surface area contributed by atoms with E-state index in [2.05, 4.69) is 22.3 Å². The Morgan fingerprint density at radius 3 is 2.44 bits per heavy atom. The van der Waals surface area contributed by atoms with Crippen molar-refractivity contribution >= 4 is 23.2 Å². The first kappa shape index (κ1) is 23.5. The second-order valence-corrected chi connectivity index (χ2v) is 10.6. The molecule has 2 heterocycles. The van der Waals surface area contributed by atoms with Gasteiger partial charge in [-0.2, -0.15) is 0 Å². The maximum atomic E-state index is 12.4. The predicted octanol–water partition coefficient (Wildman–Crippen LogP) is 6.47. The van der Waals surface area contributed by atoms with Crippen LogP contribution in [0.15, 0.2) is 42.5 Å². The summed E-state index contributed by atoms with van der Waals surface area (Å²) >= 11 is 5.92. The molecule has 1 amide bonds. The minimum absolute atomic E-state index is 0.120. The number of nitrogens with one attached hydrogen (secondary N) is 1. The Bertz CT molecular complexity index is 964. The van der Waals surface area contributed by atoms with E-state index in [-0.39, 0.29) is 5.91 Å². The Balaban J connectivity index is 0.994. The van der Waals surface area contributed by atoms with E-state index in [4.69, 9.17) is 21.1 Å². The zero-order valence-corrected chi connectivity index (χ0v) is 20.6. The molecule has 182 valence electrons. The van der Waals surface area contributed by atoms with Crippen molar-refractivity contribution in [3.63, 3.8) is 0 Å². The van der Waals surface area contributed by atoms with Gasteiger partial charge in [0.2, 0.25) is 12.7 Å². The van der Waals surface area contributed by atoms with Gasteiger partial charge >= 0.3 is 0 Å². The molecule has 1 aliphatic carbocycles. The van der Waals surface area contributed by atoms with Crippen molar-refractivity contribution in [1.29, 1.82) is 0 Å². The van der Waals surface area contributed by atoms with Crippen LogP contribution in [-0.2, 0) is 4.79 Å². The number of rotatable bonds is 7. The standard InChI is InChI=1S/C28H35ClN2O3/c29-23-8-10-24(11-9-23)30-27(32)18-21-6-4-20(5-7-21)12-15-31-16-13-22(14-17-31)25-2-1-3-26-28(25)34-19-33-26/h1-3,8-11,20-22H,4-7,12-19H2,(H,30,32). The number of anilines is 1. The van der Waals surface area contributed by atoms with Crippen LogP contribution in [0, 0.1) is 11.8 Å². The first-order valence-electron chi connectivity index (χ1n) is 12.8. The van der Waals surface area contributed by atoms with Crippen molar-refractivity contribution in [3.05, 3.63) is 53.1 Å². The van der Waals surface area contributed by atoms with Crippen molar-refractivity contribution in [2.24, 2.45) is 11.8 Å². The third-order valence-corrected chi connectivity index (χ3v) is 8.13. The average Bonchev–Trinajstić information content (AvgIpc) is 3.35. The SMILES string of the molecule is O=C(CC1CCC(CCN2CCC(c3cccc4c3OCO4)CC2)CC1)Nc1ccc(Cl)cc1. The summed E-state index contributed by atoms with van der Waals surface area (Å²) in [5.74, 6) is 3.88. The second kappa shape index (κ2) is 11.0. The van der Waals surface area contributed by atoms with Crippen molar-refractivity contribution in [2.45, 2.75) is 57.3 Å². The number of ether oxygens (including phenoxy) is 2. The number of para-hydroxylation sites is 1. The Morgan fingerprint density at radius 1 is 0.941 bits per heavy atom. The minimum atomic E-state index is 0.120. The molecule has 0 spiro atoms. The van der Waals surface area contributed by atoms with Crippen LogP contribution in [0.3, 0.4) is 0 Å². The van der Waals surface area contributed by atoms with Crippen molar-refractivity contribution in [3.8, 4) is 11.5 Å². The normalized spacial score (nSPS) is 23.1. The molecule has 2 aromatic carbocycles. The zero-order chi connectivity index (χ0) is 23.3. The number of likely N-dealkylation sites (tertiary alicyclic amines) is 1. The number of fused-ring (bicyclic) bond motifs is 1. The summed E-state index contributed by atoms with van der Waals surface area (Å²) in [4.78, 5) is 15.0. The summed E-state index contributed by atoms with van der Waals surface area (Å²) in [6.07, 6.45) is 9.13. The lowest BCUT2D eigenvalue weighted by atomic mass is 9.79. The van der Waals surface area contributed by atoms with Gasteiger partial charge in [-0.25, -0.2) is 0 Å². The number of amides is 1. The molecule has 2 fully saturated rings. The molecule has 34 heavy (non-hydrogen) atoms. The molecule has 0 unspecified atom stereocenters. The number of benzene rings is 2. The Hall–Kier alpha value is -2.24. The van der Waals surface area contributed by atoms with Crippen LogP contribution in [0.4, 0.5) is 5.69 Å². The van der Waals surface area contributed by atoms with E-state index >= 15 is 0 Å². The number of carbonyl (C=O) groups is 1. The first-order chi connectivity index (χ1) is 16.6. The van der Waals surface area contributed by atoms with Crippen LogP contribution >= 0.6 is 11.6 Å². The molecule has 0 aromatic heterocycles. The fourth-order valence-corrected chi connectivity index (χ4v) is 5.96. The highest BCUT2D eigenvalue weighted by atomic mass is 35.5. The molecule has 1 saturated heterocycles. The number of hydrogen-bond donors (Lipinski definition) is 1. The van der Waals surface area contributed by atoms with E-state index in [0.29, 0.717) is 30.1 Å². The van der Waals surface area contributed by atoms with E-state index in [1.54, 1.807) is 0 Å². The van der Waals surface area contributed by atoms with E-state index in [1.807, 2.05) is 30.3 Å². The van der Waals surface area contributed by atoms with Gasteiger partial charge in [0, 0.05) is 22.7 Å². The second-order valence-electron chi connectivity index (χ2n) is 10.1. The molecule has 2 aliphatic heterocycles. The minimum Gasteiger partial charge on any atom is -0.454 e. The lowest BCUT2D eigenvalue weighted by Gasteiger charge is -2.34. The maximum Gasteiger partial charge on any atom is 0.231 e. The molecular weight excluding hydrogens is 448 g/mol. The van der Waals surface area contributed by atoms with E-state index in [1.165, 1.54) is 57.1 Å². The molecule has 1 N–H and O–H groups in total. The fraction of sp³-hybridized carbons (Fsp3) is 0.536. The van der Waals surface area contributed by atoms with E-state index in [0.717, 1.165) is 36.2 Å². The Labute approximate surface area is 207 Å². The van der Waals surface area contributed by atoms with Crippen LogP contribution < -0.4 is 14.8 Å². The number of halogens is 1. The van der Waals surface area contributed by atoms with Gasteiger partial charge in [0.25, 0.3) is 0 Å². The Kier molecular flexibility index (Phi) is 7.60. The third-order valence-electron chi connectivity index (χ3n) is 7.88. The zero-order valence-electron chi connectivity index (χ0n) is 19.8. The highest BCUT2D eigenvalue weighted by Gasteiger charge is 2.28. The van der Waals surface area contributed by atoms with Crippen LogP contribution in [-0.4, -0.2) is 37.2 Å². The molecular formula is C28H35ClN2O3. The van der Waals surface area contributed by atoms with Crippen molar-refractivity contribution in [1.82, 2.24) is 4.90 Å². The Morgan fingerprint density at radius 2 is 1.68 bits per heavy atom. The maximum absolute atomic E-state index is 12.4. The van der Waals surface area contributed by atoms with Gasteiger partial charge in [-0.15, -0.1) is 0 Å². The lowest BCUT2D eigenvalue weighted by molar-refractivity contribution is -0.117. The summed E-state index contributed by atoms with van der Waals surface area (Å²) < 4.78 is 11.3. The van der Waals surface area contributed by atoms with E-state index in [9.17, 15) is 4.79 Å². The number of carbonyl (C=O) groups excluding carboxylic acids is 1. The molecule has 6 heteroatoms. The highest BCUT2D eigenvalue weighted by Crippen LogP contribution is 2.42. The van der Waals surface area contributed by atoms with Crippen LogP contribution in [0.25, 0.3) is 0 Å². The number of hydrogen-bond acceptors (Lipinski definition) is 4. The van der Waals surface area contributed by atoms with Crippen LogP contribution in [0.1, 0.15) is 62.8 Å². The molecule has 5 nitrogen and oxygen atoms in total. The van der Waals surface area contributed by atoms with Crippen molar-refractivity contribution < 1.29 is 14.3 Å². The smallest absolute Gasteiger partial charge is 0.231 e. The van der Waals surface area contributed by atoms with Crippen LogP contribution in [0.5, 0.6) is 11.5 Å². The first-order valence-corrected chi connectivity index (χ1v) is 13.2. The number of nitrogens with zero attached hydrogens (tertiary/aromatic N) is 1. The fourth-order valence-electron chi connectivity index (χ4n) is 5.84. The average molecular weight is 483 g/mol. The summed E-state index contributed by atoms with van der Waals surface area (Å²) in [5.41, 5.74) is 2.15. The van der Waals surface area contributed by atoms with Crippen molar-refractivity contribution in [2.75, 3.05) is 31.7 Å². The summed E-state index contributed by atoms with van der Waals surface area (Å²) in [7, 11) is 0. The summed E-state index contributed by atoms with van der Waals surface area (Å²) in [5, 5.41) is 3.69. The molecule has 3 aliphatic rings. The molecule has 0 radical (unpaired) electrons. The van der Waals surface area contributed by atoms with Gasteiger partial charge in [-0.1, -0.05) is 36.6 Å². The highest BCUT2D eigenvalue weighted by molar-refractivity contribution is 6.30. The van der Waals surface area contributed by atoms with Gasteiger partial charge in [0.05, 0.1) is 0 Å². The summed E-state index contributed by atoms with van der Waals surface area (Å²) in [6, 6.07) is 13.6. The van der Waals surface area contributed by atoms with Gasteiger partial charge in [-0.05, 0) is 99.8 Å². The quantitative estimate of drug-likeness (QED) is 0.491. The van der Waals surface area contributed by atoms with Gasteiger partial charge in [0.15, 0.2) is 11.5 Å². The molecule has 0 atom stereocenters. The third kappa shape index (κ3) is 5.87. The molecule has 2 aromatic rings. The molecule has 5 rings (SSSR count). The molecule has 1 saturated carbocycles. The summed E-state index contributed by atoms with van der Waals surface area (Å²) in [6.45, 7) is 3.87. The van der Waals surface area contributed by atoms with Crippen LogP contribution in [0.2, 0.25) is 5.02 Å². The number of piperidine rings is 1.